The van der Waals surface area contributed by atoms with Crippen molar-refractivity contribution in [3.63, 3.8) is 0 Å². The minimum Gasteiger partial charge on any atom is -0.744 e. The van der Waals surface area contributed by atoms with Gasteiger partial charge in [-0.25, -0.2) is 13.4 Å². The summed E-state index contributed by atoms with van der Waals surface area (Å²) in [6, 6.07) is 10.8. The first-order chi connectivity index (χ1) is 9.75. The van der Waals surface area contributed by atoms with E-state index in [1.54, 1.807) is 19.1 Å². The molecule has 0 saturated carbocycles. The van der Waals surface area contributed by atoms with Crippen LogP contribution >= 0.6 is 0 Å². The molecule has 0 atom stereocenters. The lowest BCUT2D eigenvalue weighted by Crippen LogP contribution is -2.17. The SMILES string of the molecule is Cc1cc(N)[nH+]c(N)c1C#N.O=S(=O)([O-])c1ccccc1. The Morgan fingerprint density at radius 3 is 2.19 bits per heavy atom. The molecule has 7 nitrogen and oxygen atoms in total. The molecule has 1 heterocycles. The first-order valence-electron chi connectivity index (χ1n) is 5.74. The van der Waals surface area contributed by atoms with Crippen molar-refractivity contribution >= 4 is 21.8 Å². The number of nitrogens with two attached hydrogens (primary N) is 2. The second-order valence-corrected chi connectivity index (χ2v) is 5.46. The Hall–Kier alpha value is -2.63. The van der Waals surface area contributed by atoms with Crippen LogP contribution in [0.5, 0.6) is 0 Å². The van der Waals surface area contributed by atoms with E-state index in [4.69, 9.17) is 16.7 Å². The largest absolute Gasteiger partial charge is 0.744 e. The van der Waals surface area contributed by atoms with Crippen LogP contribution in [0.25, 0.3) is 0 Å². The molecule has 0 spiro atoms. The van der Waals surface area contributed by atoms with Crippen LogP contribution in [-0.4, -0.2) is 13.0 Å². The third-order valence-corrected chi connectivity index (χ3v) is 3.31. The summed E-state index contributed by atoms with van der Waals surface area (Å²) in [7, 11) is -4.25. The molecule has 1 aromatic carbocycles. The molecule has 1 aromatic heterocycles. The normalized spacial score (nSPS) is 10.1. The van der Waals surface area contributed by atoms with Gasteiger partial charge in [0.1, 0.15) is 21.8 Å². The number of pyridine rings is 1. The first kappa shape index (κ1) is 16.4. The van der Waals surface area contributed by atoms with Crippen molar-refractivity contribution in [3.8, 4) is 6.07 Å². The number of nitrogens with zero attached hydrogens (tertiary/aromatic N) is 1. The fourth-order valence-corrected chi connectivity index (χ4v) is 2.00. The predicted molar refractivity (Wildman–Crippen MR) is 75.7 cm³/mol. The van der Waals surface area contributed by atoms with E-state index in [2.05, 4.69) is 4.98 Å². The van der Waals surface area contributed by atoms with E-state index in [0.717, 1.165) is 5.56 Å². The number of aromatic amines is 1. The van der Waals surface area contributed by atoms with Crippen molar-refractivity contribution < 1.29 is 18.0 Å². The summed E-state index contributed by atoms with van der Waals surface area (Å²) in [4.78, 5) is 2.48. The second-order valence-electron chi connectivity index (χ2n) is 4.08. The standard InChI is InChI=1S/C7H8N4.C6H6O3S/c1-4-2-6(9)11-7(10)5(4)3-8;7-10(8,9)6-4-2-1-3-5-6/h2H,1H3,(H4,9,10,11);1-5H,(H,7,8,9). The van der Waals surface area contributed by atoms with Crippen molar-refractivity contribution in [1.29, 1.82) is 5.26 Å². The van der Waals surface area contributed by atoms with Gasteiger partial charge in [0, 0.05) is 6.07 Å². The van der Waals surface area contributed by atoms with Gasteiger partial charge in [0.2, 0.25) is 11.6 Å². The highest BCUT2D eigenvalue weighted by Gasteiger charge is 2.07. The van der Waals surface area contributed by atoms with Crippen LogP contribution in [0.1, 0.15) is 11.1 Å². The Balaban J connectivity index is 0.000000211. The average molecular weight is 306 g/mol. The maximum absolute atomic E-state index is 10.3. The number of nitrogen functional groups attached to an aromatic ring is 2. The van der Waals surface area contributed by atoms with E-state index in [-0.39, 0.29) is 4.90 Å². The summed E-state index contributed by atoms with van der Waals surface area (Å²) in [6.07, 6.45) is 0. The number of aromatic nitrogens is 1. The van der Waals surface area contributed by atoms with E-state index in [1.165, 1.54) is 24.3 Å². The summed E-state index contributed by atoms with van der Waals surface area (Å²) in [5.41, 5.74) is 12.2. The quantitative estimate of drug-likeness (QED) is 0.730. The van der Waals surface area contributed by atoms with E-state index in [9.17, 15) is 13.0 Å². The average Bonchev–Trinajstić information content (AvgIpc) is 2.39. The van der Waals surface area contributed by atoms with Gasteiger partial charge in [0.25, 0.3) is 0 Å². The molecule has 0 aliphatic carbocycles. The summed E-state index contributed by atoms with van der Waals surface area (Å²) < 4.78 is 30.8. The molecule has 21 heavy (non-hydrogen) atoms. The van der Waals surface area contributed by atoms with Crippen LogP contribution in [0.2, 0.25) is 0 Å². The first-order valence-corrected chi connectivity index (χ1v) is 7.15. The van der Waals surface area contributed by atoms with Crippen LogP contribution in [0.3, 0.4) is 0 Å². The zero-order chi connectivity index (χ0) is 16.0. The smallest absolute Gasteiger partial charge is 0.235 e. The monoisotopic (exact) mass is 306 g/mol. The van der Waals surface area contributed by atoms with Gasteiger partial charge in [-0.1, -0.05) is 18.2 Å². The van der Waals surface area contributed by atoms with Crippen LogP contribution < -0.4 is 16.5 Å². The van der Waals surface area contributed by atoms with Gasteiger partial charge in [0.05, 0.1) is 4.90 Å². The van der Waals surface area contributed by atoms with Gasteiger partial charge < -0.3 is 16.0 Å². The molecular weight excluding hydrogens is 292 g/mol. The Morgan fingerprint density at radius 2 is 1.81 bits per heavy atom. The second kappa shape index (κ2) is 6.69. The van der Waals surface area contributed by atoms with Gasteiger partial charge in [-0.15, -0.1) is 0 Å². The van der Waals surface area contributed by atoms with E-state index >= 15 is 0 Å². The van der Waals surface area contributed by atoms with Crippen molar-refractivity contribution in [2.45, 2.75) is 11.8 Å². The molecule has 0 bridgehead atoms. The number of hydrogen-bond acceptors (Lipinski definition) is 6. The van der Waals surface area contributed by atoms with Crippen molar-refractivity contribution in [2.24, 2.45) is 0 Å². The molecule has 0 aliphatic rings. The summed E-state index contributed by atoms with van der Waals surface area (Å²) in [5.74, 6) is 0.795. The zero-order valence-corrected chi connectivity index (χ0v) is 12.0. The lowest BCUT2D eigenvalue weighted by Gasteiger charge is -2.04. The highest BCUT2D eigenvalue weighted by Crippen LogP contribution is 2.11. The van der Waals surface area contributed by atoms with Gasteiger partial charge in [0.15, 0.2) is 0 Å². The van der Waals surface area contributed by atoms with Crippen LogP contribution in [-0.2, 0) is 10.1 Å². The predicted octanol–water partition coefficient (Wildman–Crippen LogP) is 0.436. The lowest BCUT2D eigenvalue weighted by atomic mass is 10.1. The number of aryl methyl sites for hydroxylation is 1. The minimum absolute atomic E-state index is 0.185. The van der Waals surface area contributed by atoms with Gasteiger partial charge in [-0.05, 0) is 24.6 Å². The molecule has 110 valence electrons. The molecule has 0 fully saturated rings. The molecule has 5 N–H and O–H groups in total. The highest BCUT2D eigenvalue weighted by atomic mass is 32.2. The zero-order valence-electron chi connectivity index (χ0n) is 11.2. The molecule has 0 unspecified atom stereocenters. The van der Waals surface area contributed by atoms with Gasteiger partial charge >= 0.3 is 0 Å². The molecule has 0 saturated heterocycles. The fourth-order valence-electron chi connectivity index (χ4n) is 1.51. The molecule has 2 aromatic rings. The van der Waals surface area contributed by atoms with E-state index in [0.29, 0.717) is 17.2 Å². The molecular formula is C13H14N4O3S. The Morgan fingerprint density at radius 1 is 1.24 bits per heavy atom. The topological polar surface area (TPSA) is 147 Å². The van der Waals surface area contributed by atoms with Crippen molar-refractivity contribution in [1.82, 2.24) is 0 Å². The summed E-state index contributed by atoms with van der Waals surface area (Å²) in [6.45, 7) is 1.79. The van der Waals surface area contributed by atoms with E-state index < -0.39 is 10.1 Å². The van der Waals surface area contributed by atoms with Crippen LogP contribution in [0.4, 0.5) is 11.6 Å². The minimum atomic E-state index is -4.25. The number of nitrogens with one attached hydrogen (secondary N) is 1. The Bertz CT molecular complexity index is 745. The number of H-pyrrole nitrogens is 1. The third kappa shape index (κ3) is 4.76. The number of benzene rings is 1. The molecule has 0 amide bonds. The maximum Gasteiger partial charge on any atom is 0.235 e. The lowest BCUT2D eigenvalue weighted by molar-refractivity contribution is -0.342. The van der Waals surface area contributed by atoms with Crippen molar-refractivity contribution in [2.75, 3.05) is 11.5 Å². The number of rotatable bonds is 1. The number of hydrogen-bond donors (Lipinski definition) is 2. The van der Waals surface area contributed by atoms with Crippen molar-refractivity contribution in [3.05, 3.63) is 47.5 Å². The van der Waals surface area contributed by atoms with E-state index in [1.807, 2.05) is 6.07 Å². The third-order valence-electron chi connectivity index (χ3n) is 2.46. The fraction of sp³-hybridized carbons (Fsp3) is 0.0769. The number of nitriles is 1. The summed E-state index contributed by atoms with van der Waals surface area (Å²) in [5, 5.41) is 8.60. The molecule has 8 heteroatoms. The Kier molecular flexibility index (Phi) is 5.24. The molecule has 0 aliphatic heterocycles. The van der Waals surface area contributed by atoms with Crippen LogP contribution in [0, 0.1) is 18.3 Å². The van der Waals surface area contributed by atoms with Gasteiger partial charge in [-0.3, -0.25) is 0 Å². The molecule has 0 radical (unpaired) electrons. The van der Waals surface area contributed by atoms with Gasteiger partial charge in [-0.2, -0.15) is 5.26 Å². The number of anilines is 2. The molecule has 2 rings (SSSR count). The van der Waals surface area contributed by atoms with Crippen LogP contribution in [0.15, 0.2) is 41.3 Å². The summed E-state index contributed by atoms with van der Waals surface area (Å²) >= 11 is 0. The maximum atomic E-state index is 10.3. The highest BCUT2D eigenvalue weighted by molar-refractivity contribution is 7.85. The Labute approximate surface area is 122 Å².